The maximum atomic E-state index is 15.2. The van der Waals surface area contributed by atoms with E-state index in [-0.39, 0.29) is 16.1 Å². The fourth-order valence-corrected chi connectivity index (χ4v) is 4.69. The lowest BCUT2D eigenvalue weighted by Crippen LogP contribution is -2.56. The predicted molar refractivity (Wildman–Crippen MR) is 145 cm³/mol. The van der Waals surface area contributed by atoms with E-state index in [9.17, 15) is 9.30 Å². The largest absolute Gasteiger partial charge is 0.490 e. The number of aromatic amines is 1. The highest BCUT2D eigenvalue weighted by molar-refractivity contribution is 7.99. The maximum absolute atomic E-state index is 15.2. The first-order valence-electron chi connectivity index (χ1n) is 12.2. The summed E-state index contributed by atoms with van der Waals surface area (Å²) in [6, 6.07) is 10.5. The molecule has 3 N–H and O–H groups in total. The second kappa shape index (κ2) is 12.1. The van der Waals surface area contributed by atoms with Gasteiger partial charge < -0.3 is 19.7 Å². The molecule has 5 rings (SSSR count). The molecule has 0 spiro atoms. The van der Waals surface area contributed by atoms with E-state index in [0.29, 0.717) is 60.2 Å². The molecule has 0 saturated carbocycles. The van der Waals surface area contributed by atoms with Crippen molar-refractivity contribution in [3.8, 4) is 17.6 Å². The van der Waals surface area contributed by atoms with Gasteiger partial charge in [-0.1, -0.05) is 17.9 Å². The van der Waals surface area contributed by atoms with E-state index in [1.807, 2.05) is 17.9 Å². The summed E-state index contributed by atoms with van der Waals surface area (Å²) in [6.07, 6.45) is 0. The molecular formula is C27H24F2N7O3S+. The van der Waals surface area contributed by atoms with Crippen molar-refractivity contribution in [2.24, 2.45) is 0 Å². The Bertz CT molecular complexity index is 1610. The van der Waals surface area contributed by atoms with Crippen LogP contribution in [0.5, 0.6) is 5.75 Å². The van der Waals surface area contributed by atoms with E-state index in [0.717, 1.165) is 17.5 Å². The fourth-order valence-electron chi connectivity index (χ4n) is 3.94. The van der Waals surface area contributed by atoms with Gasteiger partial charge in [0.15, 0.2) is 22.6 Å². The average Bonchev–Trinajstić information content (AvgIpc) is 3.38. The molecule has 3 heterocycles. The molecule has 0 bridgehead atoms. The monoisotopic (exact) mass is 564 g/mol. The molecule has 1 aliphatic heterocycles. The van der Waals surface area contributed by atoms with Gasteiger partial charge in [-0.3, -0.25) is 5.10 Å². The molecule has 1 aliphatic rings. The molecule has 1 fully saturated rings. The zero-order valence-electron chi connectivity index (χ0n) is 21.5. The third kappa shape index (κ3) is 6.03. The lowest BCUT2D eigenvalue weighted by Gasteiger charge is -2.29. The number of nitrogens with zero attached hydrogens (tertiary/aromatic N) is 4. The average molecular weight is 565 g/mol. The highest BCUT2D eigenvalue weighted by Gasteiger charge is 2.24. The second-order valence-corrected chi connectivity index (χ2v) is 9.65. The van der Waals surface area contributed by atoms with Crippen LogP contribution in [0.2, 0.25) is 0 Å². The van der Waals surface area contributed by atoms with Crippen LogP contribution in [-0.2, 0) is 4.74 Å². The number of H-pyrrole nitrogens is 1. The number of nitrogens with one attached hydrogen (secondary N) is 3. The molecule has 0 unspecified atom stereocenters. The zero-order valence-corrected chi connectivity index (χ0v) is 22.4. The molecule has 2 aromatic carbocycles. The van der Waals surface area contributed by atoms with Gasteiger partial charge in [-0.2, -0.15) is 9.49 Å². The number of anilines is 3. The Hall–Kier alpha value is -4.54. The number of ether oxygens (including phenoxy) is 2. The summed E-state index contributed by atoms with van der Waals surface area (Å²) in [5.74, 6) is 5.98. The van der Waals surface area contributed by atoms with Gasteiger partial charge in [-0.05, 0) is 43.0 Å². The molecule has 0 aliphatic carbocycles. The van der Waals surface area contributed by atoms with Crippen LogP contribution in [0.3, 0.4) is 0 Å². The van der Waals surface area contributed by atoms with Gasteiger partial charge in [0.1, 0.15) is 5.82 Å². The van der Waals surface area contributed by atoms with Crippen molar-refractivity contribution in [1.29, 1.82) is 0 Å². The first-order valence-corrected chi connectivity index (χ1v) is 13.0. The molecule has 0 atom stereocenters. The van der Waals surface area contributed by atoms with Crippen LogP contribution in [0, 0.1) is 35.3 Å². The third-order valence-corrected chi connectivity index (χ3v) is 6.79. The lowest BCUT2D eigenvalue weighted by molar-refractivity contribution is -0.382. The fraction of sp³-hybridized carbons (Fsp3) is 0.222. The number of hydrogen-bond donors (Lipinski definition) is 3. The predicted octanol–water partition coefficient (Wildman–Crippen LogP) is 3.40. The Morgan fingerprint density at radius 1 is 1.15 bits per heavy atom. The summed E-state index contributed by atoms with van der Waals surface area (Å²) in [5, 5.41) is 12.1. The van der Waals surface area contributed by atoms with Crippen molar-refractivity contribution in [3.63, 3.8) is 0 Å². The van der Waals surface area contributed by atoms with Crippen molar-refractivity contribution < 1.29 is 23.4 Å². The van der Waals surface area contributed by atoms with Crippen LogP contribution in [0.25, 0.3) is 0 Å². The minimum Gasteiger partial charge on any atom is -0.490 e. The molecule has 0 amide bonds. The molecule has 13 heteroatoms. The van der Waals surface area contributed by atoms with Crippen molar-refractivity contribution in [1.82, 2.24) is 20.2 Å². The zero-order chi connectivity index (χ0) is 28.1. The Labute approximate surface area is 232 Å². The first-order chi connectivity index (χ1) is 19.4. The van der Waals surface area contributed by atoms with Gasteiger partial charge in [-0.15, -0.1) is 0 Å². The minimum absolute atomic E-state index is 0.0223. The molecule has 0 radical (unpaired) electrons. The number of aromatic nitrogens is 4. The van der Waals surface area contributed by atoms with Crippen LogP contribution in [0.1, 0.15) is 16.8 Å². The molecule has 10 nitrogen and oxygen atoms in total. The molecule has 204 valence electrons. The summed E-state index contributed by atoms with van der Waals surface area (Å²) in [4.78, 5) is 22.4. The first kappa shape index (κ1) is 27.0. The van der Waals surface area contributed by atoms with E-state index in [2.05, 4.69) is 32.3 Å². The summed E-state index contributed by atoms with van der Waals surface area (Å²) in [6.45, 7) is 4.17. The quantitative estimate of drug-likeness (QED) is 0.229. The molecule has 40 heavy (non-hydrogen) atoms. The van der Waals surface area contributed by atoms with Crippen LogP contribution in [0.15, 0.2) is 52.5 Å². The third-order valence-electron chi connectivity index (χ3n) is 5.88. The van der Waals surface area contributed by atoms with Crippen molar-refractivity contribution >= 4 is 34.9 Å². The minimum atomic E-state index is -0.764. The smallest absolute Gasteiger partial charge is 0.290 e. The van der Waals surface area contributed by atoms with Gasteiger partial charge in [0.05, 0.1) is 30.8 Å². The maximum Gasteiger partial charge on any atom is 0.290 e. The van der Waals surface area contributed by atoms with E-state index < -0.39 is 11.6 Å². The van der Waals surface area contributed by atoms with Crippen LogP contribution >= 0.6 is 11.8 Å². The Morgan fingerprint density at radius 3 is 2.67 bits per heavy atom. The second-order valence-electron chi connectivity index (χ2n) is 8.64. The van der Waals surface area contributed by atoms with Gasteiger partial charge >= 0.3 is 0 Å². The van der Waals surface area contributed by atoms with E-state index in [1.54, 1.807) is 12.1 Å². The summed E-state index contributed by atoms with van der Waals surface area (Å²) in [7, 11) is 1.54. The highest BCUT2D eigenvalue weighted by Crippen LogP contribution is 2.38. The molecular weight excluding hydrogens is 540 g/mol. The van der Waals surface area contributed by atoms with E-state index in [4.69, 9.17) is 14.5 Å². The standard InChI is InChI=1S/C27H23F2N7O3S/c1-16-14-22(34-33-16)30-25-24(38-2)26(36-10-12-39-13-11-36)32-27(31-25)40-21-9-7-17(15-19(21)28)6-8-18-4-3-5-20(35-37)23(18)29/h3-5,7,9,14-15H,10-13H2,1-2H3,(H2,30,31,32,33,34)/p+1. The SMILES string of the molecule is COc1c(Nc2cc(C)[nH]n2)nc(Sc2ccc(C#Cc3cccc([NH+]=O)c3F)cc2F)nc1N1CCOCC1. The summed E-state index contributed by atoms with van der Waals surface area (Å²) >= 11 is 1.04. The van der Waals surface area contributed by atoms with Crippen molar-refractivity contribution in [2.45, 2.75) is 17.0 Å². The number of hydrogen-bond acceptors (Lipinski definition) is 9. The van der Waals surface area contributed by atoms with Gasteiger partial charge in [0.25, 0.3) is 5.69 Å². The normalized spacial score (nSPS) is 12.9. The van der Waals surface area contributed by atoms with E-state index in [1.165, 1.54) is 36.6 Å². The van der Waals surface area contributed by atoms with Crippen LogP contribution < -0.4 is 20.1 Å². The summed E-state index contributed by atoms with van der Waals surface area (Å²) in [5.41, 5.74) is 1.01. The summed E-state index contributed by atoms with van der Waals surface area (Å²) < 4.78 is 40.6. The lowest BCUT2D eigenvalue weighted by atomic mass is 10.1. The number of halogens is 2. The Morgan fingerprint density at radius 2 is 1.98 bits per heavy atom. The van der Waals surface area contributed by atoms with Gasteiger partial charge in [-0.25, -0.2) is 14.4 Å². The van der Waals surface area contributed by atoms with Gasteiger partial charge in [0.2, 0.25) is 11.6 Å². The number of methoxy groups -OCH3 is 1. The molecule has 2 aromatic heterocycles. The number of rotatable bonds is 7. The highest BCUT2D eigenvalue weighted by atomic mass is 32.2. The molecule has 4 aromatic rings. The van der Waals surface area contributed by atoms with Gasteiger partial charge in [0, 0.05) is 46.6 Å². The molecule has 1 saturated heterocycles. The number of aryl methyl sites for hydroxylation is 1. The Balaban J connectivity index is 1.45. The number of morpholine rings is 1. The van der Waals surface area contributed by atoms with Crippen LogP contribution in [-0.4, -0.2) is 53.6 Å². The Kier molecular flexibility index (Phi) is 8.18. The van der Waals surface area contributed by atoms with E-state index >= 15 is 4.39 Å². The van der Waals surface area contributed by atoms with Crippen molar-refractivity contribution in [2.75, 3.05) is 43.6 Å². The number of nitroso groups, excluding NO2 is 1. The van der Waals surface area contributed by atoms with Crippen molar-refractivity contribution in [3.05, 3.63) is 75.8 Å². The number of benzene rings is 2. The topological polar surface area (TPSA) is 119 Å². The van der Waals surface area contributed by atoms with Crippen LogP contribution in [0.4, 0.5) is 31.9 Å².